The van der Waals surface area contributed by atoms with Gasteiger partial charge in [0.25, 0.3) is 0 Å². The van der Waals surface area contributed by atoms with E-state index in [-0.39, 0.29) is 37.7 Å². The molecule has 0 heterocycles. The predicted molar refractivity (Wildman–Crippen MR) is 222 cm³/mol. The highest BCUT2D eigenvalue weighted by Crippen LogP contribution is 2.13. The lowest BCUT2D eigenvalue weighted by molar-refractivity contribution is -0.141. The largest absolute Gasteiger partial charge is 0.481 e. The van der Waals surface area contributed by atoms with Gasteiger partial charge in [-0.2, -0.15) is 0 Å². The van der Waals surface area contributed by atoms with Crippen molar-refractivity contribution in [3.8, 4) is 0 Å². The molecule has 0 spiro atoms. The van der Waals surface area contributed by atoms with Crippen molar-refractivity contribution in [1.29, 1.82) is 5.41 Å². The molecule has 61 heavy (non-hydrogen) atoms. The van der Waals surface area contributed by atoms with Crippen LogP contribution in [0.5, 0.6) is 0 Å². The molecule has 0 saturated carbocycles. The molecule has 0 aliphatic heterocycles. The van der Waals surface area contributed by atoms with E-state index in [1.807, 2.05) is 6.92 Å². The summed E-state index contributed by atoms with van der Waals surface area (Å²) in [6.45, 7) is 8.55. The van der Waals surface area contributed by atoms with Gasteiger partial charge in [-0.15, -0.1) is 0 Å². The Labute approximate surface area is 354 Å². The van der Waals surface area contributed by atoms with E-state index in [2.05, 4.69) is 42.5 Å². The molecular formula is C39H63N11O11. The number of aliphatic hydroxyl groups excluding tert-OH is 1. The summed E-state index contributed by atoms with van der Waals surface area (Å²) in [6.07, 6.45) is 0.230. The molecule has 1 aromatic rings. The Morgan fingerprint density at radius 3 is 1.69 bits per heavy atom. The normalized spacial score (nSPS) is 15.3. The van der Waals surface area contributed by atoms with Crippen molar-refractivity contribution < 1.29 is 53.4 Å². The fourth-order valence-electron chi connectivity index (χ4n) is 5.83. The second kappa shape index (κ2) is 26.7. The summed E-state index contributed by atoms with van der Waals surface area (Å²) < 4.78 is 0. The maximum atomic E-state index is 13.9. The number of aliphatic carboxylic acids is 1. The molecule has 0 fully saturated rings. The Bertz CT molecular complexity index is 1700. The summed E-state index contributed by atoms with van der Waals surface area (Å²) >= 11 is 0. The fourth-order valence-corrected chi connectivity index (χ4v) is 5.83. The summed E-state index contributed by atoms with van der Waals surface area (Å²) in [4.78, 5) is 116. The third-order valence-corrected chi connectivity index (χ3v) is 9.78. The van der Waals surface area contributed by atoms with Crippen molar-refractivity contribution in [2.45, 2.75) is 122 Å². The van der Waals surface area contributed by atoms with Crippen molar-refractivity contribution >= 4 is 59.2 Å². The number of hydrogen-bond donors (Lipinski definition) is 13. The van der Waals surface area contributed by atoms with E-state index in [1.54, 1.807) is 51.1 Å². The number of nitrogens with one attached hydrogen (secondary N) is 9. The molecule has 0 aromatic heterocycles. The molecule has 0 aliphatic rings. The predicted octanol–water partition coefficient (Wildman–Crippen LogP) is -3.03. The zero-order valence-electron chi connectivity index (χ0n) is 35.5. The number of guanidine groups is 1. The van der Waals surface area contributed by atoms with E-state index >= 15 is 0 Å². The molecular weight excluding hydrogens is 798 g/mol. The third-order valence-electron chi connectivity index (χ3n) is 9.78. The van der Waals surface area contributed by atoms with Crippen LogP contribution in [-0.2, 0) is 49.6 Å². The summed E-state index contributed by atoms with van der Waals surface area (Å²) in [7, 11) is 0. The van der Waals surface area contributed by atoms with Crippen molar-refractivity contribution in [1.82, 2.24) is 42.5 Å². The van der Waals surface area contributed by atoms with Crippen LogP contribution in [0.1, 0.15) is 79.2 Å². The average molecular weight is 862 g/mol. The van der Waals surface area contributed by atoms with Gasteiger partial charge < -0.3 is 64.2 Å². The van der Waals surface area contributed by atoms with Crippen molar-refractivity contribution in [2.24, 2.45) is 23.3 Å². The van der Waals surface area contributed by atoms with Gasteiger partial charge in [-0.05, 0) is 37.2 Å². The van der Waals surface area contributed by atoms with Gasteiger partial charge in [0.05, 0.1) is 13.0 Å². The van der Waals surface area contributed by atoms with Gasteiger partial charge >= 0.3 is 5.97 Å². The molecule has 9 atom stereocenters. The summed E-state index contributed by atoms with van der Waals surface area (Å²) in [5.74, 6) is -9.55. The minimum Gasteiger partial charge on any atom is -0.481 e. The maximum Gasteiger partial charge on any atom is 0.305 e. The second-order valence-corrected chi connectivity index (χ2v) is 14.8. The van der Waals surface area contributed by atoms with E-state index in [4.69, 9.17) is 16.9 Å². The van der Waals surface area contributed by atoms with Gasteiger partial charge in [0.15, 0.2) is 5.96 Å². The summed E-state index contributed by atoms with van der Waals surface area (Å²) in [6, 6.07) is -0.932. The number of carboxylic acid groups (broad SMARTS) is 1. The Morgan fingerprint density at radius 1 is 0.656 bits per heavy atom. The Morgan fingerprint density at radius 2 is 1.16 bits per heavy atom. The van der Waals surface area contributed by atoms with Crippen molar-refractivity contribution in [3.63, 3.8) is 0 Å². The van der Waals surface area contributed by atoms with E-state index < -0.39 is 114 Å². The number of carbonyl (C=O) groups is 9. The lowest BCUT2D eigenvalue weighted by Gasteiger charge is -2.29. The average Bonchev–Trinajstić information content (AvgIpc) is 3.20. The Hall–Kier alpha value is -6.32. The van der Waals surface area contributed by atoms with Gasteiger partial charge in [0, 0.05) is 19.9 Å². The molecule has 22 heteroatoms. The van der Waals surface area contributed by atoms with Gasteiger partial charge in [-0.3, -0.25) is 48.6 Å². The van der Waals surface area contributed by atoms with Crippen LogP contribution < -0.4 is 54.0 Å². The first kappa shape index (κ1) is 52.7. The first-order chi connectivity index (χ1) is 28.6. The van der Waals surface area contributed by atoms with Crippen LogP contribution in [0, 0.1) is 17.2 Å². The Balaban J connectivity index is 3.20. The van der Waals surface area contributed by atoms with Crippen LogP contribution in [0.15, 0.2) is 30.3 Å². The molecule has 0 unspecified atom stereocenters. The lowest BCUT2D eigenvalue weighted by atomic mass is 9.95. The number of carboxylic acids is 1. The van der Waals surface area contributed by atoms with Gasteiger partial charge in [0.2, 0.25) is 47.3 Å². The molecule has 8 amide bonds. The monoisotopic (exact) mass is 861 g/mol. The minimum absolute atomic E-state index is 0.0104. The van der Waals surface area contributed by atoms with Crippen LogP contribution in [0.3, 0.4) is 0 Å². The molecule has 0 aliphatic carbocycles. The zero-order chi connectivity index (χ0) is 46.4. The molecule has 0 bridgehead atoms. The molecule has 15 N–H and O–H groups in total. The number of hydrogen-bond acceptors (Lipinski definition) is 11. The molecule has 340 valence electrons. The first-order valence-corrected chi connectivity index (χ1v) is 20.0. The zero-order valence-corrected chi connectivity index (χ0v) is 35.5. The summed E-state index contributed by atoms with van der Waals surface area (Å²) in [5, 5.41) is 46.3. The van der Waals surface area contributed by atoms with Crippen molar-refractivity contribution in [2.75, 3.05) is 13.2 Å². The van der Waals surface area contributed by atoms with Crippen LogP contribution >= 0.6 is 0 Å². The van der Waals surface area contributed by atoms with Gasteiger partial charge in [-0.1, -0.05) is 70.9 Å². The van der Waals surface area contributed by atoms with Gasteiger partial charge in [0.1, 0.15) is 42.3 Å². The summed E-state index contributed by atoms with van der Waals surface area (Å²) in [5.41, 5.74) is 11.5. The number of carbonyl (C=O) groups excluding carboxylic acids is 8. The van der Waals surface area contributed by atoms with Gasteiger partial charge in [-0.25, -0.2) is 0 Å². The number of benzene rings is 1. The van der Waals surface area contributed by atoms with Crippen LogP contribution in [-0.4, -0.2) is 125 Å². The number of amides is 8. The molecule has 1 aromatic carbocycles. The van der Waals surface area contributed by atoms with Crippen LogP contribution in [0.2, 0.25) is 0 Å². The molecule has 0 saturated heterocycles. The molecule has 0 radical (unpaired) electrons. The number of primary amides is 1. The molecule has 22 nitrogen and oxygen atoms in total. The number of aliphatic hydroxyl groups is 1. The highest BCUT2D eigenvalue weighted by atomic mass is 16.4. The SMILES string of the molecule is CC[C@H](C)[C@H](NC(=O)[C@H](Cc1ccccc1)NC(=O)[C@@H](NC(=O)[C@H](CC(=O)O)NC(=O)[C@H](C)NC(=O)[C@H](CO)NC(=O)[C@H](CCCNC(=N)N)NC(C)=O)[C@@H](C)CC)C(N)=O. The third kappa shape index (κ3) is 19.1. The lowest BCUT2D eigenvalue weighted by Crippen LogP contribution is -2.61. The fraction of sp³-hybridized carbons (Fsp3) is 0.590. The van der Waals surface area contributed by atoms with E-state index in [0.717, 1.165) is 0 Å². The van der Waals surface area contributed by atoms with Crippen LogP contribution in [0.4, 0.5) is 0 Å². The van der Waals surface area contributed by atoms with Crippen LogP contribution in [0.25, 0.3) is 0 Å². The Kier molecular flexibility index (Phi) is 23.1. The van der Waals surface area contributed by atoms with E-state index in [0.29, 0.717) is 18.4 Å². The number of rotatable bonds is 27. The minimum atomic E-state index is -1.77. The molecule has 1 rings (SSSR count). The first-order valence-electron chi connectivity index (χ1n) is 20.0. The highest BCUT2D eigenvalue weighted by Gasteiger charge is 2.35. The quantitative estimate of drug-likeness (QED) is 0.0238. The van der Waals surface area contributed by atoms with E-state index in [9.17, 15) is 53.4 Å². The van der Waals surface area contributed by atoms with E-state index in [1.165, 1.54) is 13.8 Å². The maximum absolute atomic E-state index is 13.9. The standard InChI is InChI=1S/C39H63N11O11/c1-7-20(3)30(32(40)55)49-35(58)26(17-24-13-10-9-11-14-24)47-38(61)31(21(4)8-2)50-36(59)27(18-29(53)54)46-33(56)22(5)44-37(60)28(19-51)48-34(57)25(45-23(6)52)15-12-16-43-39(41)42/h9-11,13-14,20-22,25-28,30-31,51H,7-8,12,15-19H2,1-6H3,(H2,40,55)(H,44,60)(H,45,52)(H,46,56)(H,47,61)(H,48,57)(H,49,58)(H,50,59)(H,53,54)(H4,41,42,43)/t20-,21-,22-,25-,26-,27-,28-,30-,31-/m0/s1. The number of nitrogens with two attached hydrogens (primary N) is 2. The topological polar surface area (TPSA) is 366 Å². The van der Waals surface area contributed by atoms with Crippen molar-refractivity contribution in [3.05, 3.63) is 35.9 Å². The second-order valence-electron chi connectivity index (χ2n) is 14.8. The smallest absolute Gasteiger partial charge is 0.305 e. The highest BCUT2D eigenvalue weighted by molar-refractivity contribution is 5.98.